The van der Waals surface area contributed by atoms with Gasteiger partial charge in [-0.15, -0.1) is 0 Å². The molecular weight excluding hydrogens is 739 g/mol. The first-order chi connectivity index (χ1) is 28.1. The fourth-order valence-electron chi connectivity index (χ4n) is 8.02. The lowest BCUT2D eigenvalue weighted by molar-refractivity contribution is -0.120. The van der Waals surface area contributed by atoms with Gasteiger partial charge in [0.2, 0.25) is 23.0 Å². The molecule has 0 fully saturated rings. The fraction of sp³-hybridized carbons (Fsp3) is 0.261. The molecule has 2 aliphatic rings. The van der Waals surface area contributed by atoms with Crippen LogP contribution in [0.1, 0.15) is 53.1 Å². The van der Waals surface area contributed by atoms with Crippen molar-refractivity contribution in [2.45, 2.75) is 44.2 Å². The smallest absolute Gasteiger partial charge is 0.407 e. The highest BCUT2D eigenvalue weighted by Crippen LogP contribution is 2.50. The first-order valence-electron chi connectivity index (χ1n) is 19.0. The average Bonchev–Trinajstić information content (AvgIpc) is 3.37. The van der Waals surface area contributed by atoms with E-state index in [9.17, 15) is 19.2 Å². The maximum absolute atomic E-state index is 14.2. The third-order valence-electron chi connectivity index (χ3n) is 10.7. The van der Waals surface area contributed by atoms with Gasteiger partial charge in [-0.3, -0.25) is 14.4 Å². The summed E-state index contributed by atoms with van der Waals surface area (Å²) in [6.07, 6.45) is 0.300. The maximum atomic E-state index is 14.2. The second-order valence-corrected chi connectivity index (χ2v) is 14.2. The van der Waals surface area contributed by atoms with Crippen LogP contribution in [0.25, 0.3) is 22.3 Å². The lowest BCUT2D eigenvalue weighted by Gasteiger charge is -2.20. The number of methoxy groups -OCH3 is 4. The van der Waals surface area contributed by atoms with Crippen LogP contribution >= 0.6 is 0 Å². The number of alkyl carbamates (subject to hydrolysis) is 1. The Kier molecular flexibility index (Phi) is 11.6. The third-order valence-corrected chi connectivity index (χ3v) is 10.7. The molecule has 0 bridgehead atoms. The number of hydrogen-bond acceptors (Lipinski definition) is 9. The molecule has 0 aliphatic heterocycles. The molecule has 5 aromatic rings. The quantitative estimate of drug-likeness (QED) is 0.122. The number of aryl methyl sites for hydroxylation is 1. The van der Waals surface area contributed by atoms with E-state index in [0.717, 1.165) is 33.4 Å². The number of benzene rings is 4. The van der Waals surface area contributed by atoms with Gasteiger partial charge in [0, 0.05) is 24.8 Å². The van der Waals surface area contributed by atoms with Gasteiger partial charge >= 0.3 is 6.09 Å². The second kappa shape index (κ2) is 17.1. The van der Waals surface area contributed by atoms with Crippen LogP contribution in [-0.4, -0.2) is 59.0 Å². The highest BCUT2D eigenvalue weighted by atomic mass is 16.5. The van der Waals surface area contributed by atoms with Crippen LogP contribution in [0.4, 0.5) is 10.5 Å². The number of hydrogen-bond donors (Lipinski definition) is 3. The van der Waals surface area contributed by atoms with Crippen LogP contribution in [0.2, 0.25) is 0 Å². The van der Waals surface area contributed by atoms with Crippen molar-refractivity contribution in [3.05, 3.63) is 135 Å². The topological polar surface area (TPSA) is 151 Å². The Morgan fingerprint density at radius 2 is 1.41 bits per heavy atom. The largest absolute Gasteiger partial charge is 0.497 e. The van der Waals surface area contributed by atoms with Gasteiger partial charge in [-0.05, 0) is 87.7 Å². The molecule has 58 heavy (non-hydrogen) atoms. The van der Waals surface area contributed by atoms with E-state index in [4.69, 9.17) is 23.7 Å². The Morgan fingerprint density at radius 3 is 2.03 bits per heavy atom. The van der Waals surface area contributed by atoms with E-state index in [1.54, 1.807) is 37.4 Å². The Balaban J connectivity index is 1.20. The summed E-state index contributed by atoms with van der Waals surface area (Å²) in [5, 5.41) is 8.53. The number of anilines is 1. The van der Waals surface area contributed by atoms with Crippen LogP contribution in [0.15, 0.2) is 102 Å². The molecule has 12 nitrogen and oxygen atoms in total. The van der Waals surface area contributed by atoms with Crippen molar-refractivity contribution < 1.29 is 38.1 Å². The van der Waals surface area contributed by atoms with Gasteiger partial charge in [0.1, 0.15) is 18.4 Å². The summed E-state index contributed by atoms with van der Waals surface area (Å²) in [6.45, 7) is 1.47. The minimum absolute atomic E-state index is 0.0327. The third kappa shape index (κ3) is 7.90. The first-order valence-corrected chi connectivity index (χ1v) is 19.0. The summed E-state index contributed by atoms with van der Waals surface area (Å²) in [7, 11) is 6.13. The molecule has 0 saturated heterocycles. The molecule has 0 aromatic heterocycles. The van der Waals surface area contributed by atoms with E-state index >= 15 is 0 Å². The normalized spacial score (nSPS) is 14.3. The lowest BCUT2D eigenvalue weighted by atomic mass is 9.95. The molecule has 0 radical (unpaired) electrons. The van der Waals surface area contributed by atoms with E-state index in [2.05, 4.69) is 28.1 Å². The van der Waals surface area contributed by atoms with Crippen LogP contribution in [0.3, 0.4) is 0 Å². The van der Waals surface area contributed by atoms with Gasteiger partial charge in [-0.2, -0.15) is 0 Å². The number of nitrogens with one attached hydrogen (secondary N) is 3. The van der Waals surface area contributed by atoms with Crippen molar-refractivity contribution in [3.63, 3.8) is 0 Å². The summed E-state index contributed by atoms with van der Waals surface area (Å²) in [6, 6.07) is 28.0. The van der Waals surface area contributed by atoms with E-state index in [-0.39, 0.29) is 30.5 Å². The molecule has 0 spiro atoms. The highest BCUT2D eigenvalue weighted by Gasteiger charge is 2.32. The lowest BCUT2D eigenvalue weighted by Crippen LogP contribution is -2.46. The van der Waals surface area contributed by atoms with Gasteiger partial charge in [0.25, 0.3) is 0 Å². The monoisotopic (exact) mass is 783 g/mol. The van der Waals surface area contributed by atoms with Crippen molar-refractivity contribution in [2.75, 3.05) is 40.4 Å². The van der Waals surface area contributed by atoms with E-state index in [0.29, 0.717) is 52.5 Å². The van der Waals surface area contributed by atoms with Crippen molar-refractivity contribution in [1.29, 1.82) is 0 Å². The molecule has 298 valence electrons. The summed E-state index contributed by atoms with van der Waals surface area (Å²) >= 11 is 0. The summed E-state index contributed by atoms with van der Waals surface area (Å²) in [4.78, 5) is 54.2. The molecule has 5 aromatic carbocycles. The van der Waals surface area contributed by atoms with Crippen LogP contribution in [0, 0.1) is 0 Å². The number of carbonyl (C=O) groups is 3. The van der Waals surface area contributed by atoms with E-state index in [1.807, 2.05) is 42.5 Å². The van der Waals surface area contributed by atoms with Crippen molar-refractivity contribution in [2.24, 2.45) is 0 Å². The minimum atomic E-state index is -1.14. The first kappa shape index (κ1) is 39.4. The minimum Gasteiger partial charge on any atom is -0.497 e. The molecule has 3 amide bonds. The highest BCUT2D eigenvalue weighted by molar-refractivity contribution is 5.97. The van der Waals surface area contributed by atoms with Gasteiger partial charge in [0.05, 0.1) is 40.2 Å². The van der Waals surface area contributed by atoms with Crippen molar-refractivity contribution in [1.82, 2.24) is 10.6 Å². The molecule has 0 saturated carbocycles. The molecule has 3 N–H and O–H groups in total. The van der Waals surface area contributed by atoms with Crippen molar-refractivity contribution >= 4 is 23.6 Å². The van der Waals surface area contributed by atoms with Crippen LogP contribution < -0.4 is 40.3 Å². The fourth-order valence-corrected chi connectivity index (χ4v) is 8.02. The molecule has 0 heterocycles. The van der Waals surface area contributed by atoms with Gasteiger partial charge in [-0.1, -0.05) is 66.7 Å². The molecular formula is C46H45N3O9. The second-order valence-electron chi connectivity index (χ2n) is 14.2. The molecule has 12 heteroatoms. The van der Waals surface area contributed by atoms with Crippen LogP contribution in [0.5, 0.6) is 23.0 Å². The van der Waals surface area contributed by atoms with E-state index in [1.165, 1.54) is 40.4 Å². The molecule has 2 aliphatic carbocycles. The number of amides is 3. The zero-order chi connectivity index (χ0) is 40.9. The Morgan fingerprint density at radius 1 is 0.741 bits per heavy atom. The summed E-state index contributed by atoms with van der Waals surface area (Å²) < 4.78 is 28.3. The number of ether oxygens (including phenoxy) is 5. The summed E-state index contributed by atoms with van der Waals surface area (Å²) in [5.74, 6) is 0.799. The standard InChI is InChI=1S/C46H45N3O9/c1-26(50)47-37-20-16-28-23-41(55-3)43(56-4)44(57-5)42(28)34-19-21-38(40(51)24-35(34)37)48-45(52)39(22-27-14-17-29(54-2)18-15-27)49-46(53)58-25-36-32-12-8-6-10-30(32)31-11-7-9-13-33(31)36/h6-15,17-19,21,23-24,36-37,39H,16,20,22,25H2,1-5H3,(H,47,50)(H,49,53)(H,48,51,52)/t37-,39-/m0/s1. The zero-order valence-corrected chi connectivity index (χ0v) is 33.0. The van der Waals surface area contributed by atoms with Gasteiger partial charge < -0.3 is 39.6 Å². The molecule has 7 rings (SSSR count). The molecule has 0 unspecified atom stereocenters. The number of fused-ring (bicyclic) bond motifs is 6. The van der Waals surface area contributed by atoms with Gasteiger partial charge in [0.15, 0.2) is 11.5 Å². The average molecular weight is 784 g/mol. The number of carbonyl (C=O) groups excluding carboxylic acids is 3. The van der Waals surface area contributed by atoms with Crippen LogP contribution in [-0.2, 0) is 27.2 Å². The van der Waals surface area contributed by atoms with Gasteiger partial charge in [-0.25, -0.2) is 4.79 Å². The predicted octanol–water partition coefficient (Wildman–Crippen LogP) is 6.96. The Labute approximate surface area is 336 Å². The molecule has 2 atom stereocenters. The van der Waals surface area contributed by atoms with E-state index < -0.39 is 29.5 Å². The predicted molar refractivity (Wildman–Crippen MR) is 220 cm³/mol. The summed E-state index contributed by atoms with van der Waals surface area (Å²) in [5.41, 5.74) is 7.17. The number of rotatable bonds is 12. The van der Waals surface area contributed by atoms with Crippen molar-refractivity contribution in [3.8, 4) is 45.3 Å². The SMILES string of the molecule is COc1ccc(C[C@H](NC(=O)OCC2c3ccccc3-c3ccccc32)C(=O)Nc2ccc3c(cc2=O)[C@@H](NC(C)=O)CCc2cc(OC)c(OC)c(OC)c2-3)cc1. The zero-order valence-electron chi connectivity index (χ0n) is 33.0. The Bertz CT molecular complexity index is 2390. The Hall–Kier alpha value is -6.82. The maximum Gasteiger partial charge on any atom is 0.407 e.